The van der Waals surface area contributed by atoms with Crippen molar-refractivity contribution in [2.45, 2.75) is 38.6 Å². The van der Waals surface area contributed by atoms with E-state index in [0.29, 0.717) is 11.3 Å². The molecule has 1 unspecified atom stereocenters. The summed E-state index contributed by atoms with van der Waals surface area (Å²) in [6.07, 6.45) is 7.48. The van der Waals surface area contributed by atoms with E-state index in [-0.39, 0.29) is 23.3 Å². The highest BCUT2D eigenvalue weighted by atomic mass is 16.2. The second-order valence-electron chi connectivity index (χ2n) is 7.56. The molecule has 2 amide bonds. The minimum Gasteiger partial charge on any atom is -0.354 e. The molecule has 3 heterocycles. The molecule has 0 aromatic carbocycles. The van der Waals surface area contributed by atoms with Crippen LogP contribution in [-0.2, 0) is 0 Å². The molecule has 1 aliphatic carbocycles. The van der Waals surface area contributed by atoms with Crippen LogP contribution in [0, 0.1) is 12.3 Å². The molecule has 1 saturated carbocycles. The summed E-state index contributed by atoms with van der Waals surface area (Å²) in [6, 6.07) is 3.87. The quantitative estimate of drug-likeness (QED) is 0.888. The third kappa shape index (κ3) is 3.09. The second kappa shape index (κ2) is 6.75. The lowest BCUT2D eigenvalue weighted by molar-refractivity contribution is -0.0268. The summed E-state index contributed by atoms with van der Waals surface area (Å²) < 4.78 is 1.85. The molecule has 2 aliphatic rings. The highest BCUT2D eigenvalue weighted by Crippen LogP contribution is 2.56. The fourth-order valence-electron chi connectivity index (χ4n) is 4.36. The van der Waals surface area contributed by atoms with Gasteiger partial charge in [0.05, 0.1) is 12.2 Å². The number of aromatic nitrogens is 4. The van der Waals surface area contributed by atoms with Crippen LogP contribution in [0.25, 0.3) is 0 Å². The van der Waals surface area contributed by atoms with Crippen molar-refractivity contribution >= 4 is 11.8 Å². The van der Waals surface area contributed by atoms with Crippen LogP contribution in [0.5, 0.6) is 0 Å². The largest absolute Gasteiger partial charge is 0.354 e. The first-order chi connectivity index (χ1) is 13.0. The third-order valence-electron chi connectivity index (χ3n) is 6.10. The molecule has 1 aliphatic heterocycles. The maximum absolute atomic E-state index is 12.8. The van der Waals surface area contributed by atoms with Gasteiger partial charge in [0, 0.05) is 37.6 Å². The molecule has 142 valence electrons. The fourth-order valence-corrected chi connectivity index (χ4v) is 4.36. The van der Waals surface area contributed by atoms with Crippen LogP contribution < -0.4 is 5.32 Å². The van der Waals surface area contributed by atoms with Crippen LogP contribution in [0.2, 0.25) is 0 Å². The summed E-state index contributed by atoms with van der Waals surface area (Å²) >= 11 is 0. The molecule has 2 aromatic rings. The Morgan fingerprint density at radius 3 is 2.67 bits per heavy atom. The number of nitrogens with one attached hydrogen (secondary N) is 1. The van der Waals surface area contributed by atoms with Gasteiger partial charge in [0.1, 0.15) is 0 Å². The molecule has 0 bridgehead atoms. The average Bonchev–Trinajstić information content (AvgIpc) is 3.15. The van der Waals surface area contributed by atoms with Crippen LogP contribution >= 0.6 is 0 Å². The first-order valence-corrected chi connectivity index (χ1v) is 9.38. The number of nitrogens with zero attached hydrogens (tertiary/aromatic N) is 5. The number of piperidine rings is 1. The number of likely N-dealkylation sites (tertiary alicyclic amines) is 1. The molecule has 1 spiro atoms. The SMILES string of the molecule is CNC(=O)c1cn(C2CCC23CCN(C(=O)c2ccnc(C)c2)CC3)nn1. The molecular weight excluding hydrogens is 344 g/mol. The maximum atomic E-state index is 12.8. The Kier molecular flexibility index (Phi) is 4.41. The van der Waals surface area contributed by atoms with E-state index in [1.807, 2.05) is 22.6 Å². The van der Waals surface area contributed by atoms with Crippen molar-refractivity contribution in [3.63, 3.8) is 0 Å². The van der Waals surface area contributed by atoms with Crippen molar-refractivity contribution in [1.82, 2.24) is 30.2 Å². The molecule has 2 fully saturated rings. The first kappa shape index (κ1) is 17.6. The Bertz CT molecular complexity index is 869. The van der Waals surface area contributed by atoms with Gasteiger partial charge in [0.25, 0.3) is 11.8 Å². The topological polar surface area (TPSA) is 93.0 Å². The van der Waals surface area contributed by atoms with E-state index in [9.17, 15) is 9.59 Å². The van der Waals surface area contributed by atoms with Crippen LogP contribution in [0.15, 0.2) is 24.5 Å². The van der Waals surface area contributed by atoms with Crippen LogP contribution in [0.4, 0.5) is 0 Å². The molecule has 4 rings (SSSR count). The van der Waals surface area contributed by atoms with E-state index < -0.39 is 0 Å². The van der Waals surface area contributed by atoms with Gasteiger partial charge in [-0.3, -0.25) is 14.6 Å². The van der Waals surface area contributed by atoms with Gasteiger partial charge < -0.3 is 10.2 Å². The smallest absolute Gasteiger partial charge is 0.273 e. The van der Waals surface area contributed by atoms with Crippen LogP contribution in [0.1, 0.15) is 58.3 Å². The van der Waals surface area contributed by atoms with E-state index in [1.54, 1.807) is 25.5 Å². The van der Waals surface area contributed by atoms with E-state index in [4.69, 9.17) is 0 Å². The number of pyridine rings is 1. The number of amides is 2. The van der Waals surface area contributed by atoms with Crippen molar-refractivity contribution in [2.75, 3.05) is 20.1 Å². The molecule has 8 nitrogen and oxygen atoms in total. The lowest BCUT2D eigenvalue weighted by atomic mass is 9.59. The first-order valence-electron chi connectivity index (χ1n) is 9.38. The average molecular weight is 368 g/mol. The Hall–Kier alpha value is -2.77. The van der Waals surface area contributed by atoms with Gasteiger partial charge in [0.15, 0.2) is 5.69 Å². The van der Waals surface area contributed by atoms with E-state index in [0.717, 1.165) is 44.5 Å². The highest BCUT2D eigenvalue weighted by molar-refractivity contribution is 5.94. The molecule has 27 heavy (non-hydrogen) atoms. The summed E-state index contributed by atoms with van der Waals surface area (Å²) in [5.41, 5.74) is 2.06. The zero-order valence-electron chi connectivity index (χ0n) is 15.7. The molecule has 1 atom stereocenters. The van der Waals surface area contributed by atoms with Crippen molar-refractivity contribution in [1.29, 1.82) is 0 Å². The fraction of sp³-hybridized carbons (Fsp3) is 0.526. The number of aryl methyl sites for hydroxylation is 1. The number of carbonyl (C=O) groups excluding carboxylic acids is 2. The van der Waals surface area contributed by atoms with Crippen molar-refractivity contribution in [3.8, 4) is 0 Å². The normalized spacial score (nSPS) is 21.0. The summed E-state index contributed by atoms with van der Waals surface area (Å²) in [7, 11) is 1.59. The minimum atomic E-state index is -0.220. The van der Waals surface area contributed by atoms with E-state index in [2.05, 4.69) is 20.6 Å². The molecule has 1 N–H and O–H groups in total. The second-order valence-corrected chi connectivity index (χ2v) is 7.56. The van der Waals surface area contributed by atoms with Crippen LogP contribution in [-0.4, -0.2) is 56.8 Å². The Morgan fingerprint density at radius 1 is 1.26 bits per heavy atom. The van der Waals surface area contributed by atoms with E-state index in [1.165, 1.54) is 0 Å². The monoisotopic (exact) mass is 368 g/mol. The zero-order chi connectivity index (χ0) is 19.0. The number of carbonyl (C=O) groups is 2. The van der Waals surface area contributed by atoms with Gasteiger partial charge in [0.2, 0.25) is 0 Å². The van der Waals surface area contributed by atoms with E-state index >= 15 is 0 Å². The summed E-state index contributed by atoms with van der Waals surface area (Å²) in [5, 5.41) is 10.8. The minimum absolute atomic E-state index is 0.0777. The number of hydrogen-bond acceptors (Lipinski definition) is 5. The lowest BCUT2D eigenvalue weighted by Crippen LogP contribution is -2.51. The van der Waals surface area contributed by atoms with Gasteiger partial charge in [-0.05, 0) is 50.2 Å². The van der Waals surface area contributed by atoms with Crippen molar-refractivity contribution in [2.24, 2.45) is 5.41 Å². The number of hydrogen-bond donors (Lipinski definition) is 1. The van der Waals surface area contributed by atoms with Crippen molar-refractivity contribution < 1.29 is 9.59 Å². The standard InChI is InChI=1S/C19H24N6O2/c1-13-11-14(4-8-21-13)18(27)24-9-6-19(7-10-24)5-3-16(19)25-12-15(22-23-25)17(26)20-2/h4,8,11-12,16H,3,5-7,9-10H2,1-2H3,(H,20,26). The van der Waals surface area contributed by atoms with Gasteiger partial charge in [-0.1, -0.05) is 5.21 Å². The number of rotatable bonds is 3. The van der Waals surface area contributed by atoms with Gasteiger partial charge in [-0.2, -0.15) is 0 Å². The zero-order valence-corrected chi connectivity index (χ0v) is 15.7. The molecule has 0 radical (unpaired) electrons. The van der Waals surface area contributed by atoms with Gasteiger partial charge in [-0.25, -0.2) is 4.68 Å². The molecular formula is C19H24N6O2. The van der Waals surface area contributed by atoms with Gasteiger partial charge >= 0.3 is 0 Å². The Balaban J connectivity index is 1.43. The summed E-state index contributed by atoms with van der Waals surface area (Å²) in [4.78, 5) is 30.6. The predicted molar refractivity (Wildman–Crippen MR) is 98.2 cm³/mol. The van der Waals surface area contributed by atoms with Gasteiger partial charge in [-0.15, -0.1) is 5.10 Å². The molecule has 8 heteroatoms. The summed E-state index contributed by atoms with van der Waals surface area (Å²) in [6.45, 7) is 3.38. The summed E-state index contributed by atoms with van der Waals surface area (Å²) in [5.74, 6) is -0.142. The third-order valence-corrected chi connectivity index (χ3v) is 6.10. The van der Waals surface area contributed by atoms with Crippen LogP contribution in [0.3, 0.4) is 0 Å². The molecule has 1 saturated heterocycles. The highest BCUT2D eigenvalue weighted by Gasteiger charge is 2.50. The lowest BCUT2D eigenvalue weighted by Gasteiger charge is -2.53. The Morgan fingerprint density at radius 2 is 2.04 bits per heavy atom. The maximum Gasteiger partial charge on any atom is 0.273 e. The predicted octanol–water partition coefficient (Wildman–Crippen LogP) is 1.60. The Labute approximate surface area is 158 Å². The van der Waals surface area contributed by atoms with Crippen molar-refractivity contribution in [3.05, 3.63) is 41.5 Å². The molecule has 2 aromatic heterocycles.